The molecule has 0 spiro atoms. The van der Waals surface area contributed by atoms with Crippen molar-refractivity contribution in [3.63, 3.8) is 0 Å². The number of piperidine rings is 2. The summed E-state index contributed by atoms with van der Waals surface area (Å²) in [7, 11) is 0. The molecule has 0 aromatic carbocycles. The minimum Gasteiger partial charge on any atom is -0.346 e. The first-order chi connectivity index (χ1) is 4.77. The van der Waals surface area contributed by atoms with Crippen LogP contribution >= 0.6 is 0 Å². The maximum atomic E-state index is 11.0. The van der Waals surface area contributed by atoms with Crippen molar-refractivity contribution in [2.75, 3.05) is 0 Å². The van der Waals surface area contributed by atoms with Gasteiger partial charge < -0.3 is 5.32 Å². The Morgan fingerprint density at radius 1 is 1.30 bits per heavy atom. The SMILES string of the molecule is O=C1NC2CCC1CC2=O. The Labute approximate surface area is 58.8 Å². The summed E-state index contributed by atoms with van der Waals surface area (Å²) in [4.78, 5) is 21.9. The second-order valence-corrected chi connectivity index (χ2v) is 3.01. The van der Waals surface area contributed by atoms with Crippen LogP contribution in [0.25, 0.3) is 0 Å². The van der Waals surface area contributed by atoms with Crippen LogP contribution < -0.4 is 5.32 Å². The Morgan fingerprint density at radius 3 is 2.40 bits per heavy atom. The van der Waals surface area contributed by atoms with Gasteiger partial charge in [0.05, 0.1) is 6.04 Å². The van der Waals surface area contributed by atoms with Crippen LogP contribution in [0.5, 0.6) is 0 Å². The fourth-order valence-corrected chi connectivity index (χ4v) is 1.68. The van der Waals surface area contributed by atoms with Crippen molar-refractivity contribution < 1.29 is 9.59 Å². The van der Waals surface area contributed by atoms with Crippen molar-refractivity contribution in [3.05, 3.63) is 0 Å². The molecule has 2 bridgehead atoms. The summed E-state index contributed by atoms with van der Waals surface area (Å²) in [5.74, 6) is 0.296. The van der Waals surface area contributed by atoms with E-state index in [0.29, 0.717) is 6.42 Å². The van der Waals surface area contributed by atoms with Gasteiger partial charge in [-0.05, 0) is 12.8 Å². The number of carbonyl (C=O) groups is 2. The quantitative estimate of drug-likeness (QED) is 0.507. The summed E-state index contributed by atoms with van der Waals surface area (Å²) < 4.78 is 0. The van der Waals surface area contributed by atoms with Gasteiger partial charge in [0.15, 0.2) is 5.78 Å². The van der Waals surface area contributed by atoms with E-state index < -0.39 is 0 Å². The lowest BCUT2D eigenvalue weighted by atomic mass is 9.80. The second kappa shape index (κ2) is 1.81. The minimum atomic E-state index is -0.141. The topological polar surface area (TPSA) is 46.2 Å². The molecule has 1 amide bonds. The third kappa shape index (κ3) is 0.664. The van der Waals surface area contributed by atoms with Gasteiger partial charge in [0.2, 0.25) is 5.91 Å². The molecule has 0 radical (unpaired) electrons. The van der Waals surface area contributed by atoms with Crippen LogP contribution in [0.15, 0.2) is 0 Å². The molecule has 2 aliphatic heterocycles. The fourth-order valence-electron chi connectivity index (χ4n) is 1.68. The van der Waals surface area contributed by atoms with Crippen LogP contribution in [-0.4, -0.2) is 17.7 Å². The molecule has 3 fully saturated rings. The molecule has 1 saturated carbocycles. The summed E-state index contributed by atoms with van der Waals surface area (Å²) in [5, 5.41) is 2.68. The summed E-state index contributed by atoms with van der Waals surface area (Å²) in [6.07, 6.45) is 2.24. The zero-order valence-electron chi connectivity index (χ0n) is 5.59. The number of hydrogen-bond acceptors (Lipinski definition) is 2. The first kappa shape index (κ1) is 5.89. The highest BCUT2D eigenvalue weighted by molar-refractivity contribution is 5.97. The summed E-state index contributed by atoms with van der Waals surface area (Å²) in [6, 6.07) is -0.141. The Morgan fingerprint density at radius 2 is 2.10 bits per heavy atom. The minimum absolute atomic E-state index is 0.00231. The van der Waals surface area contributed by atoms with Crippen LogP contribution in [0.4, 0.5) is 0 Å². The molecule has 54 valence electrons. The van der Waals surface area contributed by atoms with Crippen molar-refractivity contribution in [1.29, 1.82) is 0 Å². The molecule has 2 unspecified atom stereocenters. The highest BCUT2D eigenvalue weighted by Crippen LogP contribution is 2.26. The molecule has 3 aliphatic rings. The van der Waals surface area contributed by atoms with Gasteiger partial charge in [0.25, 0.3) is 0 Å². The van der Waals surface area contributed by atoms with Crippen LogP contribution in [0, 0.1) is 5.92 Å². The molecule has 2 saturated heterocycles. The average Bonchev–Trinajstić information content (AvgIpc) is 1.91. The van der Waals surface area contributed by atoms with E-state index >= 15 is 0 Å². The fraction of sp³-hybridized carbons (Fsp3) is 0.714. The average molecular weight is 139 g/mol. The van der Waals surface area contributed by atoms with Gasteiger partial charge >= 0.3 is 0 Å². The first-order valence-corrected chi connectivity index (χ1v) is 3.60. The number of nitrogens with one attached hydrogen (secondary N) is 1. The van der Waals surface area contributed by atoms with E-state index in [1.165, 1.54) is 0 Å². The Bertz CT molecular complexity index is 178. The lowest BCUT2D eigenvalue weighted by Crippen LogP contribution is -2.54. The van der Waals surface area contributed by atoms with Crippen LogP contribution in [0.2, 0.25) is 0 Å². The van der Waals surface area contributed by atoms with Gasteiger partial charge in [-0.15, -0.1) is 0 Å². The lowest BCUT2D eigenvalue weighted by molar-refractivity contribution is -0.140. The second-order valence-electron chi connectivity index (χ2n) is 3.01. The van der Waals surface area contributed by atoms with Gasteiger partial charge in [-0.2, -0.15) is 0 Å². The normalized spacial score (nSPS) is 38.0. The molecular weight excluding hydrogens is 130 g/mol. The Hall–Kier alpha value is -0.860. The monoisotopic (exact) mass is 139 g/mol. The lowest BCUT2D eigenvalue weighted by Gasteiger charge is -2.34. The zero-order valence-corrected chi connectivity index (χ0v) is 5.59. The predicted molar refractivity (Wildman–Crippen MR) is 34.3 cm³/mol. The molecule has 1 N–H and O–H groups in total. The van der Waals surface area contributed by atoms with E-state index in [0.717, 1.165) is 12.8 Å². The maximum absolute atomic E-state index is 11.0. The number of amides is 1. The van der Waals surface area contributed by atoms with Crippen molar-refractivity contribution >= 4 is 11.7 Å². The number of rotatable bonds is 0. The summed E-state index contributed by atoms with van der Waals surface area (Å²) in [6.45, 7) is 0. The number of carbonyl (C=O) groups excluding carboxylic acids is 2. The molecule has 2 atom stereocenters. The highest BCUT2D eigenvalue weighted by atomic mass is 16.2. The van der Waals surface area contributed by atoms with Crippen LogP contribution in [-0.2, 0) is 9.59 Å². The van der Waals surface area contributed by atoms with E-state index in [1.807, 2.05) is 0 Å². The number of ketones is 1. The maximum Gasteiger partial charge on any atom is 0.224 e. The molecule has 3 nitrogen and oxygen atoms in total. The molecule has 1 aliphatic carbocycles. The van der Waals surface area contributed by atoms with Crippen LogP contribution in [0.1, 0.15) is 19.3 Å². The van der Waals surface area contributed by atoms with Crippen molar-refractivity contribution in [1.82, 2.24) is 5.32 Å². The van der Waals surface area contributed by atoms with Crippen molar-refractivity contribution in [2.45, 2.75) is 25.3 Å². The smallest absolute Gasteiger partial charge is 0.224 e. The molecule has 0 aromatic rings. The van der Waals surface area contributed by atoms with Crippen molar-refractivity contribution in [3.8, 4) is 0 Å². The number of hydrogen-bond donors (Lipinski definition) is 1. The number of fused-ring (bicyclic) bond motifs is 3. The summed E-state index contributed by atoms with van der Waals surface area (Å²) in [5.41, 5.74) is 0. The molecule has 0 aromatic heterocycles. The van der Waals surface area contributed by atoms with E-state index in [4.69, 9.17) is 0 Å². The third-order valence-electron chi connectivity index (χ3n) is 2.33. The van der Waals surface area contributed by atoms with E-state index in [1.54, 1.807) is 0 Å². The molecular formula is C7H9NO2. The molecule has 3 rings (SSSR count). The first-order valence-electron chi connectivity index (χ1n) is 3.60. The molecule has 2 heterocycles. The Kier molecular flexibility index (Phi) is 1.07. The van der Waals surface area contributed by atoms with Gasteiger partial charge in [-0.3, -0.25) is 9.59 Å². The van der Waals surface area contributed by atoms with Crippen LogP contribution in [0.3, 0.4) is 0 Å². The predicted octanol–water partition coefficient (Wildman–Crippen LogP) is -0.146. The van der Waals surface area contributed by atoms with Gasteiger partial charge in [0, 0.05) is 12.3 Å². The van der Waals surface area contributed by atoms with E-state index in [9.17, 15) is 9.59 Å². The zero-order chi connectivity index (χ0) is 7.14. The molecule has 10 heavy (non-hydrogen) atoms. The number of Topliss-reactive ketones (excluding diaryl/α,β-unsaturated/α-hetero) is 1. The molecule has 3 heteroatoms. The van der Waals surface area contributed by atoms with E-state index in [-0.39, 0.29) is 23.7 Å². The van der Waals surface area contributed by atoms with E-state index in [2.05, 4.69) is 5.32 Å². The standard InChI is InChI=1S/C7H9NO2/c9-6-3-4-1-2-5(6)8-7(4)10/h4-5H,1-3H2,(H,8,10). The van der Waals surface area contributed by atoms with Gasteiger partial charge in [-0.25, -0.2) is 0 Å². The van der Waals surface area contributed by atoms with Crippen molar-refractivity contribution in [2.24, 2.45) is 5.92 Å². The Balaban J connectivity index is 2.23. The third-order valence-corrected chi connectivity index (χ3v) is 2.33. The van der Waals surface area contributed by atoms with Gasteiger partial charge in [0.1, 0.15) is 0 Å². The highest BCUT2D eigenvalue weighted by Gasteiger charge is 2.39. The van der Waals surface area contributed by atoms with Gasteiger partial charge in [-0.1, -0.05) is 0 Å². The largest absolute Gasteiger partial charge is 0.346 e. The summed E-state index contributed by atoms with van der Waals surface area (Å²) >= 11 is 0.